The molecule has 1 unspecified atom stereocenters. The van der Waals surface area contributed by atoms with Gasteiger partial charge in [-0.3, -0.25) is 4.79 Å². The van der Waals surface area contributed by atoms with Crippen molar-refractivity contribution in [3.8, 4) is 0 Å². The van der Waals surface area contributed by atoms with Crippen LogP contribution in [0.3, 0.4) is 0 Å². The summed E-state index contributed by atoms with van der Waals surface area (Å²) in [6.45, 7) is 0. The average molecular weight is 433 g/mol. The molecule has 0 saturated heterocycles. The van der Waals surface area contributed by atoms with Crippen molar-refractivity contribution >= 4 is 53.6 Å². The highest BCUT2D eigenvalue weighted by Gasteiger charge is 2.18. The van der Waals surface area contributed by atoms with Crippen LogP contribution in [0, 0.1) is 0 Å². The predicted octanol–water partition coefficient (Wildman–Crippen LogP) is 5.53. The molecule has 0 aliphatic heterocycles. The van der Waals surface area contributed by atoms with Gasteiger partial charge < -0.3 is 0 Å². The molecule has 2 aromatic rings. The molecule has 0 aromatic heterocycles. The molecule has 2 aromatic carbocycles. The number of ketones is 1. The highest BCUT2D eigenvalue weighted by Crippen LogP contribution is 2.28. The lowest BCUT2D eigenvalue weighted by atomic mass is 10.0. The average Bonchev–Trinajstić information content (AvgIpc) is 2.39. The molecular weight excluding hydrogens is 424 g/mol. The smallest absolute Gasteiger partial charge is 0.180 e. The number of carbonyl (C=O) groups excluding carboxylic acids is 1. The molecule has 0 bridgehead atoms. The van der Waals surface area contributed by atoms with Gasteiger partial charge >= 0.3 is 0 Å². The fourth-order valence-corrected chi connectivity index (χ4v) is 2.64. The number of alkyl halides is 1. The molecule has 0 heterocycles. The minimum Gasteiger partial charge on any atom is -0.293 e. The second-order valence-electron chi connectivity index (χ2n) is 3.79. The summed E-state index contributed by atoms with van der Waals surface area (Å²) in [7, 11) is 0. The van der Waals surface area contributed by atoms with Crippen LogP contribution in [0.25, 0.3) is 0 Å². The zero-order valence-corrected chi connectivity index (χ0v) is 14.0. The van der Waals surface area contributed by atoms with E-state index in [1.165, 1.54) is 0 Å². The largest absolute Gasteiger partial charge is 0.293 e. The van der Waals surface area contributed by atoms with E-state index in [0.29, 0.717) is 5.56 Å². The quantitative estimate of drug-likeness (QED) is 0.460. The van der Waals surface area contributed by atoms with Crippen molar-refractivity contribution in [3.63, 3.8) is 0 Å². The number of hydrogen-bond donors (Lipinski definition) is 0. The van der Waals surface area contributed by atoms with Crippen molar-refractivity contribution in [2.75, 3.05) is 0 Å². The van der Waals surface area contributed by atoms with E-state index in [0.717, 1.165) is 14.5 Å². The Balaban J connectivity index is 2.23. The molecule has 0 fully saturated rings. The summed E-state index contributed by atoms with van der Waals surface area (Å²) < 4.78 is 1.97. The Labute approximate surface area is 131 Å². The lowest BCUT2D eigenvalue weighted by Gasteiger charge is -2.09. The van der Waals surface area contributed by atoms with E-state index in [9.17, 15) is 4.79 Å². The molecule has 4 heteroatoms. The van der Waals surface area contributed by atoms with Crippen molar-refractivity contribution in [1.82, 2.24) is 0 Å². The molecule has 0 aliphatic rings. The lowest BCUT2D eigenvalue weighted by molar-refractivity contribution is 0.0991. The van der Waals surface area contributed by atoms with E-state index < -0.39 is 0 Å². The maximum atomic E-state index is 12.3. The molecule has 0 spiro atoms. The topological polar surface area (TPSA) is 17.1 Å². The molecule has 0 amide bonds. The summed E-state index contributed by atoms with van der Waals surface area (Å²) in [4.78, 5) is 12.0. The Kier molecular flexibility index (Phi) is 4.76. The van der Waals surface area contributed by atoms with E-state index in [1.807, 2.05) is 48.5 Å². The Morgan fingerprint density at radius 1 is 0.833 bits per heavy atom. The molecule has 0 saturated carbocycles. The second kappa shape index (κ2) is 6.13. The first-order valence-corrected chi connectivity index (χ1v) is 7.77. The molecule has 0 aliphatic carbocycles. The Bertz CT molecular complexity index is 546. The Morgan fingerprint density at radius 3 is 1.78 bits per heavy atom. The summed E-state index contributed by atoms with van der Waals surface area (Å²) in [5, 5.41) is 0. The first-order chi connectivity index (χ1) is 8.58. The van der Waals surface area contributed by atoms with E-state index >= 15 is 0 Å². The second-order valence-corrected chi connectivity index (χ2v) is 6.53. The van der Waals surface area contributed by atoms with Crippen LogP contribution in [-0.2, 0) is 0 Å². The predicted molar refractivity (Wildman–Crippen MR) is 84.3 cm³/mol. The van der Waals surface area contributed by atoms with Gasteiger partial charge in [-0.25, -0.2) is 0 Å². The summed E-state index contributed by atoms with van der Waals surface area (Å²) >= 11 is 10.2. The van der Waals surface area contributed by atoms with Crippen LogP contribution >= 0.6 is 47.8 Å². The highest BCUT2D eigenvalue weighted by atomic mass is 79.9. The molecule has 2 rings (SSSR count). The van der Waals surface area contributed by atoms with E-state index in [-0.39, 0.29) is 10.6 Å². The summed E-state index contributed by atoms with van der Waals surface area (Å²) in [6, 6.07) is 15.1. The standard InChI is InChI=1S/C14H9Br3O/c15-11-5-1-9(2-6-11)13(17)14(18)10-3-7-12(16)8-4-10/h1-8,13H. The molecule has 92 valence electrons. The maximum absolute atomic E-state index is 12.3. The van der Waals surface area contributed by atoms with Gasteiger partial charge in [-0.05, 0) is 29.8 Å². The maximum Gasteiger partial charge on any atom is 0.180 e. The van der Waals surface area contributed by atoms with Crippen LogP contribution < -0.4 is 0 Å². The minimum absolute atomic E-state index is 0.0600. The highest BCUT2D eigenvalue weighted by molar-refractivity contribution is 9.10. The monoisotopic (exact) mass is 430 g/mol. The van der Waals surface area contributed by atoms with E-state index in [2.05, 4.69) is 47.8 Å². The fourth-order valence-electron chi connectivity index (χ4n) is 1.54. The van der Waals surface area contributed by atoms with E-state index in [1.54, 1.807) is 0 Å². The Morgan fingerprint density at radius 2 is 1.28 bits per heavy atom. The fraction of sp³-hybridized carbons (Fsp3) is 0.0714. The third-order valence-electron chi connectivity index (χ3n) is 2.52. The zero-order chi connectivity index (χ0) is 13.1. The number of hydrogen-bond acceptors (Lipinski definition) is 1. The van der Waals surface area contributed by atoms with Gasteiger partial charge in [-0.15, -0.1) is 0 Å². The van der Waals surface area contributed by atoms with Gasteiger partial charge in [0.1, 0.15) is 4.83 Å². The van der Waals surface area contributed by atoms with Crippen LogP contribution in [0.5, 0.6) is 0 Å². The van der Waals surface area contributed by atoms with Crippen LogP contribution in [0.2, 0.25) is 0 Å². The van der Waals surface area contributed by atoms with Crippen molar-refractivity contribution in [2.45, 2.75) is 4.83 Å². The van der Waals surface area contributed by atoms with Crippen molar-refractivity contribution < 1.29 is 4.79 Å². The summed E-state index contributed by atoms with van der Waals surface area (Å²) in [5.74, 6) is 0.0600. The lowest BCUT2D eigenvalue weighted by Crippen LogP contribution is -2.06. The number of benzene rings is 2. The van der Waals surface area contributed by atoms with Crippen molar-refractivity contribution in [3.05, 3.63) is 68.6 Å². The number of Topliss-reactive ketones (excluding diaryl/α,β-unsaturated/α-hetero) is 1. The molecule has 1 nitrogen and oxygen atoms in total. The van der Waals surface area contributed by atoms with Gasteiger partial charge in [-0.1, -0.05) is 72.1 Å². The third-order valence-corrected chi connectivity index (χ3v) is 4.52. The van der Waals surface area contributed by atoms with Crippen LogP contribution in [0.4, 0.5) is 0 Å². The van der Waals surface area contributed by atoms with Crippen LogP contribution in [0.15, 0.2) is 57.5 Å². The van der Waals surface area contributed by atoms with Gasteiger partial charge in [-0.2, -0.15) is 0 Å². The van der Waals surface area contributed by atoms with Crippen LogP contribution in [0.1, 0.15) is 20.7 Å². The summed E-state index contributed by atoms with van der Waals surface area (Å²) in [6.07, 6.45) is 0. The molecule has 1 atom stereocenters. The third kappa shape index (κ3) is 3.31. The zero-order valence-electron chi connectivity index (χ0n) is 9.24. The summed E-state index contributed by atoms with van der Waals surface area (Å²) in [5.41, 5.74) is 1.65. The van der Waals surface area contributed by atoms with Gasteiger partial charge in [0.05, 0.1) is 0 Å². The van der Waals surface area contributed by atoms with Crippen LogP contribution in [-0.4, -0.2) is 5.78 Å². The SMILES string of the molecule is O=C(c1ccc(Br)cc1)C(Br)c1ccc(Br)cc1. The van der Waals surface area contributed by atoms with E-state index in [4.69, 9.17) is 0 Å². The molecule has 18 heavy (non-hydrogen) atoms. The molecule has 0 N–H and O–H groups in total. The normalized spacial score (nSPS) is 12.2. The van der Waals surface area contributed by atoms with Crippen molar-refractivity contribution in [1.29, 1.82) is 0 Å². The number of carbonyl (C=O) groups is 1. The molecular formula is C14H9Br3O. The van der Waals surface area contributed by atoms with Gasteiger partial charge in [0.15, 0.2) is 5.78 Å². The Hall–Kier alpha value is -0.450. The first kappa shape index (κ1) is 14.0. The number of halogens is 3. The van der Waals surface area contributed by atoms with Gasteiger partial charge in [0.25, 0.3) is 0 Å². The number of rotatable bonds is 3. The first-order valence-electron chi connectivity index (χ1n) is 5.27. The minimum atomic E-state index is -0.313. The molecule has 0 radical (unpaired) electrons. The van der Waals surface area contributed by atoms with Gasteiger partial charge in [0.2, 0.25) is 0 Å². The van der Waals surface area contributed by atoms with Crippen molar-refractivity contribution in [2.24, 2.45) is 0 Å². The van der Waals surface area contributed by atoms with Gasteiger partial charge in [0, 0.05) is 14.5 Å².